The first-order valence-electron chi connectivity index (χ1n) is 8.48. The highest BCUT2D eigenvalue weighted by atomic mass is 32.1. The summed E-state index contributed by atoms with van der Waals surface area (Å²) in [5, 5.41) is 5.44. The van der Waals surface area contributed by atoms with Crippen LogP contribution in [0.1, 0.15) is 12.8 Å². The Hall–Kier alpha value is -3.26. The van der Waals surface area contributed by atoms with Crippen LogP contribution in [0, 0.1) is 0 Å². The molecule has 1 saturated heterocycles. The first-order chi connectivity index (χ1) is 13.1. The van der Waals surface area contributed by atoms with Gasteiger partial charge in [0.15, 0.2) is 5.13 Å². The number of fused-ring (bicyclic) bond motifs is 1. The summed E-state index contributed by atoms with van der Waals surface area (Å²) in [6.07, 6.45) is 1.41. The third kappa shape index (κ3) is 3.65. The first kappa shape index (κ1) is 17.2. The van der Waals surface area contributed by atoms with Crippen LogP contribution < -0.4 is 15.5 Å². The summed E-state index contributed by atoms with van der Waals surface area (Å²) in [6.45, 7) is 0.703. The number of hydrogen-bond acceptors (Lipinski definition) is 5. The summed E-state index contributed by atoms with van der Waals surface area (Å²) in [6, 6.07) is 14.3. The van der Waals surface area contributed by atoms with Crippen LogP contribution in [0.5, 0.6) is 0 Å². The van der Waals surface area contributed by atoms with E-state index in [1.165, 1.54) is 11.3 Å². The Morgan fingerprint density at radius 3 is 2.44 bits per heavy atom. The average Bonchev–Trinajstić information content (AvgIpc) is 3.27. The van der Waals surface area contributed by atoms with Gasteiger partial charge in [-0.1, -0.05) is 23.5 Å². The fraction of sp³-hybridized carbons (Fsp3) is 0.158. The molecule has 3 amide bonds. The van der Waals surface area contributed by atoms with Gasteiger partial charge in [-0.15, -0.1) is 0 Å². The molecular weight excluding hydrogens is 364 g/mol. The van der Waals surface area contributed by atoms with E-state index in [1.54, 1.807) is 29.2 Å². The molecule has 0 spiro atoms. The van der Waals surface area contributed by atoms with E-state index in [-0.39, 0.29) is 5.91 Å². The Morgan fingerprint density at radius 1 is 1.00 bits per heavy atom. The molecule has 1 fully saturated rings. The minimum atomic E-state index is -0.784. The molecule has 2 aromatic carbocycles. The second kappa shape index (κ2) is 7.16. The zero-order valence-electron chi connectivity index (χ0n) is 14.3. The van der Waals surface area contributed by atoms with Crippen LogP contribution >= 0.6 is 11.3 Å². The lowest BCUT2D eigenvalue weighted by atomic mass is 10.2. The molecule has 1 aliphatic heterocycles. The summed E-state index contributed by atoms with van der Waals surface area (Å²) < 4.78 is 0.931. The monoisotopic (exact) mass is 380 g/mol. The van der Waals surface area contributed by atoms with Crippen molar-refractivity contribution < 1.29 is 14.4 Å². The largest absolute Gasteiger partial charge is 0.318 e. The maximum Gasteiger partial charge on any atom is 0.315 e. The van der Waals surface area contributed by atoms with E-state index < -0.39 is 11.8 Å². The molecule has 8 heteroatoms. The standard InChI is InChI=1S/C19H16N4O3S/c24-16-6-3-11-23(16)13-9-7-12(8-10-13)20-17(25)18(26)22-19-21-14-4-1-2-5-15(14)27-19/h1-2,4-5,7-10H,3,6,11H2,(H,20,25)(H,21,22,26). The third-order valence-electron chi connectivity index (χ3n) is 4.23. The van der Waals surface area contributed by atoms with Gasteiger partial charge in [0.1, 0.15) is 0 Å². The summed E-state index contributed by atoms with van der Waals surface area (Å²) >= 11 is 1.31. The number of benzene rings is 2. The minimum absolute atomic E-state index is 0.0991. The SMILES string of the molecule is O=C(Nc1ccc(N2CCCC2=O)cc1)C(=O)Nc1nc2ccccc2s1. The maximum absolute atomic E-state index is 12.1. The van der Waals surface area contributed by atoms with Gasteiger partial charge in [0, 0.05) is 24.3 Å². The lowest BCUT2D eigenvalue weighted by Gasteiger charge is -2.16. The van der Waals surface area contributed by atoms with E-state index in [2.05, 4.69) is 15.6 Å². The Bertz CT molecular complexity index is 996. The molecule has 4 rings (SSSR count). The number of amides is 3. The Kier molecular flexibility index (Phi) is 4.55. The predicted molar refractivity (Wildman–Crippen MR) is 105 cm³/mol. The molecule has 27 heavy (non-hydrogen) atoms. The van der Waals surface area contributed by atoms with Crippen LogP contribution in [0.2, 0.25) is 0 Å². The number of nitrogens with zero attached hydrogens (tertiary/aromatic N) is 2. The van der Waals surface area contributed by atoms with E-state index in [0.717, 1.165) is 22.3 Å². The molecule has 0 atom stereocenters. The molecule has 2 N–H and O–H groups in total. The van der Waals surface area contributed by atoms with Gasteiger partial charge in [-0.2, -0.15) is 0 Å². The van der Waals surface area contributed by atoms with Crippen LogP contribution in [0.3, 0.4) is 0 Å². The van der Waals surface area contributed by atoms with Crippen molar-refractivity contribution >= 4 is 55.8 Å². The summed E-state index contributed by atoms with van der Waals surface area (Å²) in [5.74, 6) is -1.46. The van der Waals surface area contributed by atoms with Gasteiger partial charge >= 0.3 is 11.8 Å². The molecule has 7 nitrogen and oxygen atoms in total. The normalized spacial score (nSPS) is 13.8. The topological polar surface area (TPSA) is 91.4 Å². The highest BCUT2D eigenvalue weighted by molar-refractivity contribution is 7.22. The maximum atomic E-state index is 12.1. The molecule has 1 aliphatic rings. The molecule has 0 unspecified atom stereocenters. The number of aromatic nitrogens is 1. The van der Waals surface area contributed by atoms with Crippen molar-refractivity contribution in [2.24, 2.45) is 0 Å². The van der Waals surface area contributed by atoms with Gasteiger partial charge < -0.3 is 10.2 Å². The Labute approximate surface area is 159 Å². The molecule has 0 aliphatic carbocycles. The lowest BCUT2D eigenvalue weighted by Crippen LogP contribution is -2.29. The molecule has 2 heterocycles. The Balaban J connectivity index is 1.39. The molecule has 3 aromatic rings. The van der Waals surface area contributed by atoms with E-state index in [1.807, 2.05) is 24.3 Å². The van der Waals surface area contributed by atoms with Gasteiger partial charge in [-0.25, -0.2) is 4.98 Å². The smallest absolute Gasteiger partial charge is 0.315 e. The number of thiazole rings is 1. The second-order valence-corrected chi connectivity index (χ2v) is 7.12. The van der Waals surface area contributed by atoms with E-state index in [0.29, 0.717) is 23.8 Å². The molecule has 0 bridgehead atoms. The van der Waals surface area contributed by atoms with Crippen molar-refractivity contribution in [1.82, 2.24) is 4.98 Å². The van der Waals surface area contributed by atoms with E-state index >= 15 is 0 Å². The van der Waals surface area contributed by atoms with Gasteiger partial charge in [-0.05, 0) is 42.8 Å². The van der Waals surface area contributed by atoms with E-state index in [9.17, 15) is 14.4 Å². The van der Waals surface area contributed by atoms with Crippen LogP contribution in [0.15, 0.2) is 48.5 Å². The summed E-state index contributed by atoms with van der Waals surface area (Å²) in [4.78, 5) is 42.0. The van der Waals surface area contributed by atoms with E-state index in [4.69, 9.17) is 0 Å². The van der Waals surface area contributed by atoms with Crippen LogP contribution in [-0.2, 0) is 14.4 Å². The molecule has 136 valence electrons. The fourth-order valence-electron chi connectivity index (χ4n) is 2.91. The lowest BCUT2D eigenvalue weighted by molar-refractivity contribution is -0.132. The Morgan fingerprint density at radius 2 is 1.74 bits per heavy atom. The third-order valence-corrected chi connectivity index (χ3v) is 5.18. The summed E-state index contributed by atoms with van der Waals surface area (Å²) in [7, 11) is 0. The highest BCUT2D eigenvalue weighted by Crippen LogP contribution is 2.25. The number of carbonyl (C=O) groups is 3. The average molecular weight is 380 g/mol. The highest BCUT2D eigenvalue weighted by Gasteiger charge is 2.22. The molecule has 0 radical (unpaired) electrons. The fourth-order valence-corrected chi connectivity index (χ4v) is 3.77. The molecular formula is C19H16N4O3S. The number of para-hydroxylation sites is 1. The van der Waals surface area contributed by atoms with Crippen molar-refractivity contribution in [2.45, 2.75) is 12.8 Å². The van der Waals surface area contributed by atoms with Crippen molar-refractivity contribution in [2.75, 3.05) is 22.1 Å². The van der Waals surface area contributed by atoms with Gasteiger partial charge in [0.05, 0.1) is 10.2 Å². The molecule has 0 saturated carbocycles. The number of rotatable bonds is 3. The first-order valence-corrected chi connectivity index (χ1v) is 9.30. The van der Waals surface area contributed by atoms with Gasteiger partial charge in [-0.3, -0.25) is 19.7 Å². The van der Waals surface area contributed by atoms with Crippen LogP contribution in [0.25, 0.3) is 10.2 Å². The number of nitrogens with one attached hydrogen (secondary N) is 2. The van der Waals surface area contributed by atoms with Crippen molar-refractivity contribution in [3.8, 4) is 0 Å². The van der Waals surface area contributed by atoms with Crippen LogP contribution in [0.4, 0.5) is 16.5 Å². The van der Waals surface area contributed by atoms with Gasteiger partial charge in [0.25, 0.3) is 0 Å². The quantitative estimate of drug-likeness (QED) is 0.684. The number of anilines is 3. The van der Waals surface area contributed by atoms with Crippen LogP contribution in [-0.4, -0.2) is 29.3 Å². The van der Waals surface area contributed by atoms with Crippen molar-refractivity contribution in [3.63, 3.8) is 0 Å². The zero-order valence-corrected chi connectivity index (χ0v) is 15.1. The van der Waals surface area contributed by atoms with Crippen molar-refractivity contribution in [3.05, 3.63) is 48.5 Å². The molecule has 1 aromatic heterocycles. The minimum Gasteiger partial charge on any atom is -0.318 e. The number of carbonyl (C=O) groups excluding carboxylic acids is 3. The zero-order chi connectivity index (χ0) is 18.8. The predicted octanol–water partition coefficient (Wildman–Crippen LogP) is 3.00. The summed E-state index contributed by atoms with van der Waals surface area (Å²) in [5.41, 5.74) is 2.04. The number of hydrogen-bond donors (Lipinski definition) is 2. The van der Waals surface area contributed by atoms with Gasteiger partial charge in [0.2, 0.25) is 5.91 Å². The second-order valence-electron chi connectivity index (χ2n) is 6.09. The van der Waals surface area contributed by atoms with Crippen molar-refractivity contribution in [1.29, 1.82) is 0 Å².